The molecule has 128 valence electrons. The number of amides is 1. The first-order valence-corrected chi connectivity index (χ1v) is 8.36. The molecule has 6 nitrogen and oxygen atoms in total. The first-order valence-electron chi connectivity index (χ1n) is 8.36. The van der Waals surface area contributed by atoms with Crippen LogP contribution < -0.4 is 10.1 Å². The van der Waals surface area contributed by atoms with Crippen LogP contribution >= 0.6 is 0 Å². The molecule has 1 saturated heterocycles. The zero-order valence-corrected chi connectivity index (χ0v) is 14.2. The van der Waals surface area contributed by atoms with Crippen molar-refractivity contribution < 1.29 is 9.53 Å². The molecule has 6 heteroatoms. The van der Waals surface area contributed by atoms with Gasteiger partial charge >= 0.3 is 0 Å². The summed E-state index contributed by atoms with van der Waals surface area (Å²) >= 11 is 0. The average molecular weight is 328 g/mol. The fraction of sp³-hybridized carbons (Fsp3) is 0.444. The maximum Gasteiger partial charge on any atom is 0.234 e. The molecule has 3 rings (SSSR count). The van der Waals surface area contributed by atoms with Gasteiger partial charge in [-0.1, -0.05) is 0 Å². The van der Waals surface area contributed by atoms with Crippen molar-refractivity contribution >= 4 is 5.91 Å². The van der Waals surface area contributed by atoms with Crippen molar-refractivity contribution in [1.29, 1.82) is 0 Å². The molecule has 2 aromatic rings. The Morgan fingerprint density at radius 3 is 2.67 bits per heavy atom. The molecule has 0 spiro atoms. The van der Waals surface area contributed by atoms with Gasteiger partial charge < -0.3 is 10.1 Å². The highest BCUT2D eigenvalue weighted by Gasteiger charge is 2.17. The summed E-state index contributed by atoms with van der Waals surface area (Å²) in [4.78, 5) is 14.3. The minimum absolute atomic E-state index is 0.0629. The lowest BCUT2D eigenvalue weighted by Crippen LogP contribution is -2.36. The maximum absolute atomic E-state index is 12.1. The fourth-order valence-corrected chi connectivity index (χ4v) is 2.95. The zero-order valence-electron chi connectivity index (χ0n) is 14.2. The quantitative estimate of drug-likeness (QED) is 0.883. The Morgan fingerprint density at radius 1 is 1.29 bits per heavy atom. The second-order valence-electron chi connectivity index (χ2n) is 6.19. The van der Waals surface area contributed by atoms with Crippen LogP contribution in [0.5, 0.6) is 5.75 Å². The van der Waals surface area contributed by atoms with Crippen LogP contribution in [0.25, 0.3) is 5.69 Å². The number of hydrogen-bond donors (Lipinski definition) is 1. The van der Waals surface area contributed by atoms with Gasteiger partial charge in [0.15, 0.2) is 0 Å². The summed E-state index contributed by atoms with van der Waals surface area (Å²) in [5.41, 5.74) is 1.94. The maximum atomic E-state index is 12.1. The zero-order chi connectivity index (χ0) is 16.9. The molecule has 1 aliphatic heterocycles. The van der Waals surface area contributed by atoms with Gasteiger partial charge in [-0.15, -0.1) is 0 Å². The Kier molecular flexibility index (Phi) is 5.15. The molecule has 1 aliphatic rings. The standard InChI is InChI=1S/C18H24N4O2/c1-14(20-18(23)13-21-9-3-4-10-21)15-11-19-22(12-15)16-5-7-17(24-2)8-6-16/h5-8,11-12,14H,3-4,9-10,13H2,1-2H3,(H,20,23). The molecule has 0 radical (unpaired) electrons. The highest BCUT2D eigenvalue weighted by Crippen LogP contribution is 2.17. The van der Waals surface area contributed by atoms with E-state index in [-0.39, 0.29) is 11.9 Å². The van der Waals surface area contributed by atoms with Crippen molar-refractivity contribution in [1.82, 2.24) is 20.0 Å². The highest BCUT2D eigenvalue weighted by molar-refractivity contribution is 5.78. The molecular weight excluding hydrogens is 304 g/mol. The molecule has 1 fully saturated rings. The number of ether oxygens (including phenoxy) is 1. The number of carbonyl (C=O) groups excluding carboxylic acids is 1. The van der Waals surface area contributed by atoms with Crippen molar-refractivity contribution in [3.63, 3.8) is 0 Å². The second-order valence-corrected chi connectivity index (χ2v) is 6.19. The lowest BCUT2D eigenvalue weighted by molar-refractivity contribution is -0.122. The van der Waals surface area contributed by atoms with E-state index in [4.69, 9.17) is 4.74 Å². The van der Waals surface area contributed by atoms with Crippen LogP contribution in [0.3, 0.4) is 0 Å². The molecular formula is C18H24N4O2. The number of likely N-dealkylation sites (tertiary alicyclic amines) is 1. The Morgan fingerprint density at radius 2 is 2.00 bits per heavy atom. The van der Waals surface area contributed by atoms with Gasteiger partial charge in [0.1, 0.15) is 5.75 Å². The van der Waals surface area contributed by atoms with E-state index in [1.165, 1.54) is 12.8 Å². The minimum atomic E-state index is -0.0629. The number of rotatable bonds is 6. The Labute approximate surface area is 142 Å². The summed E-state index contributed by atoms with van der Waals surface area (Å²) in [6.07, 6.45) is 6.13. The summed E-state index contributed by atoms with van der Waals surface area (Å²) in [5, 5.41) is 7.44. The van der Waals surface area contributed by atoms with Crippen LogP contribution in [0.2, 0.25) is 0 Å². The monoisotopic (exact) mass is 328 g/mol. The summed E-state index contributed by atoms with van der Waals surface area (Å²) in [6, 6.07) is 7.64. The minimum Gasteiger partial charge on any atom is -0.497 e. The third-order valence-electron chi connectivity index (χ3n) is 4.38. The first-order chi connectivity index (χ1) is 11.7. The number of aromatic nitrogens is 2. The van der Waals surface area contributed by atoms with E-state index in [2.05, 4.69) is 15.3 Å². The number of nitrogens with zero attached hydrogens (tertiary/aromatic N) is 3. The molecule has 1 aromatic heterocycles. The van der Waals surface area contributed by atoms with Gasteiger partial charge in [0.2, 0.25) is 5.91 Å². The van der Waals surface area contributed by atoms with Crippen molar-refractivity contribution in [3.8, 4) is 11.4 Å². The summed E-state index contributed by atoms with van der Waals surface area (Å²) in [6.45, 7) is 4.52. The van der Waals surface area contributed by atoms with Crippen molar-refractivity contribution in [2.24, 2.45) is 0 Å². The molecule has 1 atom stereocenters. The van der Waals surface area contributed by atoms with Crippen LogP contribution in [0.15, 0.2) is 36.7 Å². The average Bonchev–Trinajstić information content (AvgIpc) is 3.26. The predicted molar refractivity (Wildman–Crippen MR) is 92.3 cm³/mol. The van der Waals surface area contributed by atoms with E-state index in [9.17, 15) is 4.79 Å². The van der Waals surface area contributed by atoms with Gasteiger partial charge in [-0.05, 0) is 57.1 Å². The van der Waals surface area contributed by atoms with Crippen LogP contribution in [0.1, 0.15) is 31.4 Å². The van der Waals surface area contributed by atoms with Gasteiger partial charge in [0.05, 0.1) is 31.6 Å². The summed E-state index contributed by atoms with van der Waals surface area (Å²) < 4.78 is 6.97. The van der Waals surface area contributed by atoms with Gasteiger partial charge in [-0.25, -0.2) is 4.68 Å². The van der Waals surface area contributed by atoms with Crippen LogP contribution in [-0.2, 0) is 4.79 Å². The SMILES string of the molecule is COc1ccc(-n2cc(C(C)NC(=O)CN3CCCC3)cn2)cc1. The largest absolute Gasteiger partial charge is 0.497 e. The molecule has 2 heterocycles. The number of nitrogens with one attached hydrogen (secondary N) is 1. The van der Waals surface area contributed by atoms with E-state index in [0.29, 0.717) is 6.54 Å². The molecule has 1 amide bonds. The smallest absolute Gasteiger partial charge is 0.234 e. The summed E-state index contributed by atoms with van der Waals surface area (Å²) in [5.74, 6) is 0.885. The van der Waals surface area contributed by atoms with Crippen LogP contribution in [0, 0.1) is 0 Å². The lowest BCUT2D eigenvalue weighted by Gasteiger charge is -2.17. The molecule has 1 unspecified atom stereocenters. The normalized spacial score (nSPS) is 16.1. The summed E-state index contributed by atoms with van der Waals surface area (Å²) in [7, 11) is 1.65. The van der Waals surface area contributed by atoms with E-state index in [1.807, 2.05) is 37.4 Å². The molecule has 24 heavy (non-hydrogen) atoms. The van der Waals surface area contributed by atoms with Crippen molar-refractivity contribution in [2.45, 2.75) is 25.8 Å². The molecule has 1 aromatic carbocycles. The van der Waals surface area contributed by atoms with Crippen molar-refractivity contribution in [2.75, 3.05) is 26.7 Å². The van der Waals surface area contributed by atoms with E-state index in [0.717, 1.165) is 30.1 Å². The second kappa shape index (κ2) is 7.49. The lowest BCUT2D eigenvalue weighted by atomic mass is 10.2. The van der Waals surface area contributed by atoms with Crippen LogP contribution in [0.4, 0.5) is 0 Å². The van der Waals surface area contributed by atoms with Gasteiger partial charge in [0.25, 0.3) is 0 Å². The topological polar surface area (TPSA) is 59.4 Å². The number of benzene rings is 1. The number of hydrogen-bond acceptors (Lipinski definition) is 4. The number of methoxy groups -OCH3 is 1. The highest BCUT2D eigenvalue weighted by atomic mass is 16.5. The van der Waals surface area contributed by atoms with Crippen molar-refractivity contribution in [3.05, 3.63) is 42.2 Å². The first kappa shape index (κ1) is 16.5. The van der Waals surface area contributed by atoms with E-state index >= 15 is 0 Å². The predicted octanol–water partition coefficient (Wildman–Crippen LogP) is 2.15. The van der Waals surface area contributed by atoms with Gasteiger partial charge in [-0.2, -0.15) is 5.10 Å². The Bertz CT molecular complexity index is 675. The Hall–Kier alpha value is -2.34. The van der Waals surface area contributed by atoms with E-state index in [1.54, 1.807) is 18.0 Å². The third kappa shape index (κ3) is 3.94. The molecule has 0 bridgehead atoms. The molecule has 0 aliphatic carbocycles. The third-order valence-corrected chi connectivity index (χ3v) is 4.38. The number of carbonyl (C=O) groups is 1. The van der Waals surface area contributed by atoms with E-state index < -0.39 is 0 Å². The Balaban J connectivity index is 1.60. The molecule has 0 saturated carbocycles. The van der Waals surface area contributed by atoms with Crippen LogP contribution in [-0.4, -0.2) is 47.3 Å². The van der Waals surface area contributed by atoms with Gasteiger partial charge in [0, 0.05) is 11.8 Å². The van der Waals surface area contributed by atoms with Gasteiger partial charge in [-0.3, -0.25) is 9.69 Å². The fourth-order valence-electron chi connectivity index (χ4n) is 2.95. The molecule has 1 N–H and O–H groups in total.